The molecule has 2 heterocycles. The quantitative estimate of drug-likeness (QED) is 0.700. The summed E-state index contributed by atoms with van der Waals surface area (Å²) in [4.78, 5) is 14.8. The molecule has 0 aliphatic heterocycles. The van der Waals surface area contributed by atoms with E-state index in [0.717, 1.165) is 6.20 Å². The van der Waals surface area contributed by atoms with E-state index in [0.29, 0.717) is 11.4 Å². The van der Waals surface area contributed by atoms with Gasteiger partial charge in [-0.1, -0.05) is 0 Å². The number of hydrogen-bond donors (Lipinski definition) is 0. The van der Waals surface area contributed by atoms with Gasteiger partial charge in [-0.05, 0) is 19.1 Å². The van der Waals surface area contributed by atoms with E-state index in [2.05, 4.69) is 10.1 Å². The molecule has 15 heavy (non-hydrogen) atoms. The van der Waals surface area contributed by atoms with Gasteiger partial charge in [0.1, 0.15) is 5.82 Å². The third-order valence-corrected chi connectivity index (χ3v) is 1.94. The molecule has 0 aromatic carbocycles. The number of aromatic nitrogens is 3. The van der Waals surface area contributed by atoms with Gasteiger partial charge in [-0.3, -0.25) is 4.79 Å². The average molecular weight is 205 g/mol. The van der Waals surface area contributed by atoms with E-state index in [1.54, 1.807) is 6.20 Å². The number of nitrogens with zero attached hydrogens (tertiary/aromatic N) is 3. The van der Waals surface area contributed by atoms with Gasteiger partial charge >= 0.3 is 0 Å². The zero-order valence-electron chi connectivity index (χ0n) is 8.01. The minimum atomic E-state index is -0.405. The number of Topliss-reactive ketones (excluding diaryl/α,β-unsaturated/α-hetero) is 1. The predicted octanol–water partition coefficient (Wildman–Crippen LogP) is 1.61. The summed E-state index contributed by atoms with van der Waals surface area (Å²) in [6.45, 7) is 1.46. The second-order valence-electron chi connectivity index (χ2n) is 3.06. The predicted molar refractivity (Wildman–Crippen MR) is 51.3 cm³/mol. The summed E-state index contributed by atoms with van der Waals surface area (Å²) in [5.74, 6) is 0.00459. The van der Waals surface area contributed by atoms with Crippen LogP contribution in [0.15, 0.2) is 30.7 Å². The highest BCUT2D eigenvalue weighted by Gasteiger charge is 2.05. The number of carbonyl (C=O) groups is 1. The fraction of sp³-hybridized carbons (Fsp3) is 0.100. The smallest absolute Gasteiger partial charge is 0.162 e. The summed E-state index contributed by atoms with van der Waals surface area (Å²) >= 11 is 0. The lowest BCUT2D eigenvalue weighted by Gasteiger charge is -1.98. The minimum Gasteiger partial charge on any atom is -0.294 e. The summed E-state index contributed by atoms with van der Waals surface area (Å²) in [5.41, 5.74) is 0.501. The third kappa shape index (κ3) is 1.90. The molecule has 0 bridgehead atoms. The molecular formula is C10H8FN3O. The van der Waals surface area contributed by atoms with E-state index < -0.39 is 5.82 Å². The number of ketones is 1. The molecule has 4 nitrogen and oxygen atoms in total. The van der Waals surface area contributed by atoms with Crippen LogP contribution < -0.4 is 0 Å². The van der Waals surface area contributed by atoms with Gasteiger partial charge in [0.25, 0.3) is 0 Å². The van der Waals surface area contributed by atoms with E-state index in [1.165, 1.54) is 29.9 Å². The molecule has 0 spiro atoms. The van der Waals surface area contributed by atoms with E-state index in [9.17, 15) is 9.18 Å². The van der Waals surface area contributed by atoms with Gasteiger partial charge in [0, 0.05) is 6.20 Å². The SMILES string of the molecule is CC(=O)c1cnn(-c2ccc(F)cn2)c1. The van der Waals surface area contributed by atoms with Gasteiger partial charge in [-0.2, -0.15) is 5.10 Å². The molecular weight excluding hydrogens is 197 g/mol. The first-order chi connectivity index (χ1) is 7.16. The van der Waals surface area contributed by atoms with Gasteiger partial charge in [-0.15, -0.1) is 0 Å². The van der Waals surface area contributed by atoms with Crippen molar-refractivity contribution in [3.8, 4) is 5.82 Å². The summed E-state index contributed by atoms with van der Waals surface area (Å²) in [6, 6.07) is 2.78. The van der Waals surface area contributed by atoms with Crippen molar-refractivity contribution >= 4 is 5.78 Å². The number of hydrogen-bond acceptors (Lipinski definition) is 3. The number of halogens is 1. The summed E-state index contributed by atoms with van der Waals surface area (Å²) in [6.07, 6.45) is 4.11. The Balaban J connectivity index is 2.37. The molecule has 0 N–H and O–H groups in total. The standard InChI is InChI=1S/C10H8FN3O/c1-7(15)8-4-13-14(6-8)10-3-2-9(11)5-12-10/h2-6H,1H3. The van der Waals surface area contributed by atoms with Gasteiger partial charge in [0.15, 0.2) is 11.6 Å². The molecule has 2 rings (SSSR count). The Hall–Kier alpha value is -2.04. The molecule has 0 amide bonds. The molecule has 0 aliphatic rings. The van der Waals surface area contributed by atoms with E-state index in [4.69, 9.17) is 0 Å². The second-order valence-corrected chi connectivity index (χ2v) is 3.06. The molecule has 5 heteroatoms. The highest BCUT2D eigenvalue weighted by molar-refractivity contribution is 5.93. The molecule has 0 radical (unpaired) electrons. The van der Waals surface area contributed by atoms with Crippen LogP contribution in [0.5, 0.6) is 0 Å². The Labute approximate surface area is 85.4 Å². The lowest BCUT2D eigenvalue weighted by Crippen LogP contribution is -1.97. The summed E-state index contributed by atoms with van der Waals surface area (Å²) in [7, 11) is 0. The van der Waals surface area contributed by atoms with Crippen LogP contribution in [0.25, 0.3) is 5.82 Å². The Morgan fingerprint density at radius 2 is 2.20 bits per heavy atom. The topological polar surface area (TPSA) is 47.8 Å². The molecule has 0 unspecified atom stereocenters. The first-order valence-corrected chi connectivity index (χ1v) is 4.34. The molecule has 2 aromatic heterocycles. The van der Waals surface area contributed by atoms with Gasteiger partial charge in [0.2, 0.25) is 0 Å². The van der Waals surface area contributed by atoms with Gasteiger partial charge in [0.05, 0.1) is 18.0 Å². The fourth-order valence-electron chi connectivity index (χ4n) is 1.13. The van der Waals surface area contributed by atoms with E-state index in [-0.39, 0.29) is 5.78 Å². The molecule has 0 aliphatic carbocycles. The number of rotatable bonds is 2. The van der Waals surface area contributed by atoms with Crippen LogP contribution in [0.1, 0.15) is 17.3 Å². The normalized spacial score (nSPS) is 10.3. The maximum atomic E-state index is 12.6. The maximum Gasteiger partial charge on any atom is 0.162 e. The van der Waals surface area contributed by atoms with Crippen molar-refractivity contribution in [2.24, 2.45) is 0 Å². The number of pyridine rings is 1. The first-order valence-electron chi connectivity index (χ1n) is 4.34. The van der Waals surface area contributed by atoms with Gasteiger partial charge < -0.3 is 0 Å². The Morgan fingerprint density at radius 1 is 1.40 bits per heavy atom. The van der Waals surface area contributed by atoms with Crippen molar-refractivity contribution in [2.45, 2.75) is 6.92 Å². The van der Waals surface area contributed by atoms with Crippen LogP contribution in [0.2, 0.25) is 0 Å². The summed E-state index contributed by atoms with van der Waals surface area (Å²) < 4.78 is 14.0. The molecule has 0 saturated heterocycles. The zero-order chi connectivity index (χ0) is 10.8. The first kappa shape index (κ1) is 9.51. The van der Waals surface area contributed by atoms with Crippen molar-refractivity contribution in [1.29, 1.82) is 0 Å². The molecule has 0 fully saturated rings. The van der Waals surface area contributed by atoms with Crippen molar-refractivity contribution in [3.05, 3.63) is 42.1 Å². The monoisotopic (exact) mass is 205 g/mol. The third-order valence-electron chi connectivity index (χ3n) is 1.94. The Morgan fingerprint density at radius 3 is 2.73 bits per heavy atom. The van der Waals surface area contributed by atoms with E-state index >= 15 is 0 Å². The Kier molecular flexibility index (Phi) is 2.29. The van der Waals surface area contributed by atoms with Crippen molar-refractivity contribution in [1.82, 2.24) is 14.8 Å². The molecule has 0 atom stereocenters. The maximum absolute atomic E-state index is 12.6. The van der Waals surface area contributed by atoms with Crippen LogP contribution >= 0.6 is 0 Å². The van der Waals surface area contributed by atoms with Crippen LogP contribution in [0.4, 0.5) is 4.39 Å². The van der Waals surface area contributed by atoms with Crippen molar-refractivity contribution in [2.75, 3.05) is 0 Å². The highest BCUT2D eigenvalue weighted by atomic mass is 19.1. The van der Waals surface area contributed by atoms with Crippen LogP contribution in [0, 0.1) is 5.82 Å². The van der Waals surface area contributed by atoms with Crippen molar-refractivity contribution in [3.63, 3.8) is 0 Å². The molecule has 2 aromatic rings. The lowest BCUT2D eigenvalue weighted by molar-refractivity contribution is 0.101. The molecule has 0 saturated carbocycles. The van der Waals surface area contributed by atoms with Crippen LogP contribution in [-0.4, -0.2) is 20.5 Å². The average Bonchev–Trinajstić information content (AvgIpc) is 2.68. The zero-order valence-corrected chi connectivity index (χ0v) is 8.01. The van der Waals surface area contributed by atoms with Crippen molar-refractivity contribution < 1.29 is 9.18 Å². The largest absolute Gasteiger partial charge is 0.294 e. The lowest BCUT2D eigenvalue weighted by atomic mass is 10.3. The minimum absolute atomic E-state index is 0.0663. The van der Waals surface area contributed by atoms with E-state index in [1.807, 2.05) is 0 Å². The van der Waals surface area contributed by atoms with Crippen LogP contribution in [0.3, 0.4) is 0 Å². The van der Waals surface area contributed by atoms with Crippen LogP contribution in [-0.2, 0) is 0 Å². The number of carbonyl (C=O) groups excluding carboxylic acids is 1. The van der Waals surface area contributed by atoms with Gasteiger partial charge in [-0.25, -0.2) is 14.1 Å². The summed E-state index contributed by atoms with van der Waals surface area (Å²) in [5, 5.41) is 3.95. The highest BCUT2D eigenvalue weighted by Crippen LogP contribution is 2.06. The molecule has 76 valence electrons. The second kappa shape index (κ2) is 3.61. The fourth-order valence-corrected chi connectivity index (χ4v) is 1.13. The Bertz CT molecular complexity index is 490.